The molecule has 3 rings (SSSR count). The average Bonchev–Trinajstić information content (AvgIpc) is 3.12. The molecular formula is C19H17FN2O5S. The van der Waals surface area contributed by atoms with Crippen LogP contribution in [0, 0.1) is 5.82 Å². The summed E-state index contributed by atoms with van der Waals surface area (Å²) in [6, 6.07) is 11.7. The minimum absolute atomic E-state index is 0.0985. The van der Waals surface area contributed by atoms with E-state index in [2.05, 4.69) is 10.2 Å². The van der Waals surface area contributed by atoms with Crippen molar-refractivity contribution >= 4 is 15.8 Å². The molecule has 0 spiro atoms. The number of hydrogen-bond acceptors (Lipinski definition) is 7. The summed E-state index contributed by atoms with van der Waals surface area (Å²) in [4.78, 5) is 12.3. The van der Waals surface area contributed by atoms with Crippen LogP contribution in [0.5, 0.6) is 0 Å². The Morgan fingerprint density at radius 3 is 2.36 bits per heavy atom. The van der Waals surface area contributed by atoms with Crippen LogP contribution in [-0.4, -0.2) is 30.8 Å². The molecule has 146 valence electrons. The number of esters is 1. The fourth-order valence-electron chi connectivity index (χ4n) is 2.43. The van der Waals surface area contributed by atoms with E-state index in [1.807, 2.05) is 0 Å². The second-order valence-corrected chi connectivity index (χ2v) is 8.41. The van der Waals surface area contributed by atoms with Gasteiger partial charge >= 0.3 is 5.97 Å². The maximum atomic E-state index is 13.0. The Kier molecular flexibility index (Phi) is 5.55. The molecule has 9 heteroatoms. The third-order valence-corrected chi connectivity index (χ3v) is 4.64. The lowest BCUT2D eigenvalue weighted by Gasteiger charge is -2.09. The van der Waals surface area contributed by atoms with Gasteiger partial charge in [0.1, 0.15) is 5.82 Å². The molecule has 0 amide bonds. The number of carbonyl (C=O) groups is 1. The Balaban J connectivity index is 1.66. The first kappa shape index (κ1) is 19.7. The van der Waals surface area contributed by atoms with Gasteiger partial charge in [-0.3, -0.25) is 0 Å². The highest BCUT2D eigenvalue weighted by Crippen LogP contribution is 2.23. The third kappa shape index (κ3) is 5.01. The van der Waals surface area contributed by atoms with Gasteiger partial charge in [-0.15, -0.1) is 10.2 Å². The number of benzene rings is 2. The molecule has 0 aliphatic carbocycles. The number of rotatable bonds is 6. The zero-order chi connectivity index (χ0) is 20.3. The summed E-state index contributed by atoms with van der Waals surface area (Å²) in [5.41, 5.74) is 1.38. The molecule has 1 aromatic heterocycles. The van der Waals surface area contributed by atoms with Gasteiger partial charge in [0, 0.05) is 11.8 Å². The third-order valence-electron chi connectivity index (χ3n) is 3.78. The Bertz CT molecular complexity index is 1080. The molecule has 0 unspecified atom stereocenters. The minimum atomic E-state index is -3.15. The van der Waals surface area contributed by atoms with Crippen LogP contribution in [0.1, 0.15) is 34.8 Å². The van der Waals surface area contributed by atoms with Crippen molar-refractivity contribution in [3.63, 3.8) is 0 Å². The second kappa shape index (κ2) is 7.89. The maximum Gasteiger partial charge on any atom is 0.338 e. The molecule has 0 aliphatic heterocycles. The largest absolute Gasteiger partial charge is 0.449 e. The van der Waals surface area contributed by atoms with Crippen molar-refractivity contribution in [2.24, 2.45) is 0 Å². The van der Waals surface area contributed by atoms with E-state index in [-0.39, 0.29) is 28.9 Å². The fourth-order valence-corrected chi connectivity index (χ4v) is 3.22. The van der Waals surface area contributed by atoms with Crippen LogP contribution in [-0.2, 0) is 20.3 Å². The summed E-state index contributed by atoms with van der Waals surface area (Å²) in [5, 5.41) is 7.74. The number of nitrogens with zero attached hydrogens (tertiary/aromatic N) is 2. The molecule has 0 fully saturated rings. The second-order valence-electron chi connectivity index (χ2n) is 6.27. The van der Waals surface area contributed by atoms with Gasteiger partial charge in [0.25, 0.3) is 5.89 Å². The Hall–Kier alpha value is -3.07. The molecule has 1 heterocycles. The summed E-state index contributed by atoms with van der Waals surface area (Å²) >= 11 is 0. The molecule has 0 bridgehead atoms. The minimum Gasteiger partial charge on any atom is -0.449 e. The van der Waals surface area contributed by atoms with Gasteiger partial charge in [0.2, 0.25) is 5.89 Å². The van der Waals surface area contributed by atoms with Crippen LogP contribution in [0.4, 0.5) is 4.39 Å². The smallest absolute Gasteiger partial charge is 0.338 e. The van der Waals surface area contributed by atoms with Crippen molar-refractivity contribution in [1.82, 2.24) is 10.2 Å². The highest BCUT2D eigenvalue weighted by molar-refractivity contribution is 7.89. The zero-order valence-corrected chi connectivity index (χ0v) is 15.9. The van der Waals surface area contributed by atoms with Crippen molar-refractivity contribution in [3.8, 4) is 11.5 Å². The van der Waals surface area contributed by atoms with E-state index in [0.29, 0.717) is 11.1 Å². The van der Waals surface area contributed by atoms with Crippen LogP contribution in [0.25, 0.3) is 11.5 Å². The number of carbonyl (C=O) groups excluding carboxylic acids is 1. The van der Waals surface area contributed by atoms with E-state index < -0.39 is 21.9 Å². The van der Waals surface area contributed by atoms with Crippen molar-refractivity contribution in [2.45, 2.75) is 18.8 Å². The summed E-state index contributed by atoms with van der Waals surface area (Å²) in [5.74, 6) is -0.815. The zero-order valence-electron chi connectivity index (χ0n) is 15.1. The van der Waals surface area contributed by atoms with E-state index >= 15 is 0 Å². The van der Waals surface area contributed by atoms with E-state index in [9.17, 15) is 17.6 Å². The topological polar surface area (TPSA) is 99.4 Å². The van der Waals surface area contributed by atoms with Crippen LogP contribution < -0.4 is 0 Å². The lowest BCUT2D eigenvalue weighted by molar-refractivity contribution is 0.0280. The standard InChI is InChI=1S/C19H17FN2O5S/c1-12(17-21-22-18(27-17)14-7-9-16(20)10-8-14)26-19(23)15-5-3-13(4-6-15)11-28(2,24)25/h3-10,12H,11H2,1-2H3/t12-/m1/s1. The highest BCUT2D eigenvalue weighted by atomic mass is 32.2. The van der Waals surface area contributed by atoms with Crippen molar-refractivity contribution in [3.05, 3.63) is 71.4 Å². The molecule has 1 atom stereocenters. The van der Waals surface area contributed by atoms with Crippen molar-refractivity contribution in [1.29, 1.82) is 0 Å². The van der Waals surface area contributed by atoms with Crippen LogP contribution in [0.3, 0.4) is 0 Å². The lowest BCUT2D eigenvalue weighted by Crippen LogP contribution is -2.10. The van der Waals surface area contributed by atoms with Gasteiger partial charge in [-0.2, -0.15) is 0 Å². The van der Waals surface area contributed by atoms with E-state index in [4.69, 9.17) is 9.15 Å². The molecule has 0 aliphatic rings. The van der Waals surface area contributed by atoms with E-state index in [1.54, 1.807) is 19.1 Å². The number of hydrogen-bond donors (Lipinski definition) is 0. The Morgan fingerprint density at radius 1 is 1.11 bits per heavy atom. The number of sulfone groups is 1. The van der Waals surface area contributed by atoms with Crippen molar-refractivity contribution < 1.29 is 26.8 Å². The average molecular weight is 404 g/mol. The number of halogens is 1. The fraction of sp³-hybridized carbons (Fsp3) is 0.211. The van der Waals surface area contributed by atoms with Gasteiger partial charge < -0.3 is 9.15 Å². The molecule has 0 saturated heterocycles. The van der Waals surface area contributed by atoms with E-state index in [1.165, 1.54) is 36.4 Å². The molecule has 3 aromatic rings. The maximum absolute atomic E-state index is 13.0. The Labute approximate surface area is 161 Å². The number of ether oxygens (including phenoxy) is 1. The van der Waals surface area contributed by atoms with Crippen LogP contribution >= 0.6 is 0 Å². The summed E-state index contributed by atoms with van der Waals surface area (Å²) in [7, 11) is -3.15. The summed E-state index contributed by atoms with van der Waals surface area (Å²) < 4.78 is 46.4. The Morgan fingerprint density at radius 2 is 1.75 bits per heavy atom. The quantitative estimate of drug-likeness (QED) is 0.581. The first-order valence-electron chi connectivity index (χ1n) is 8.28. The molecule has 0 N–H and O–H groups in total. The number of aromatic nitrogens is 2. The van der Waals surface area contributed by atoms with Crippen molar-refractivity contribution in [2.75, 3.05) is 6.26 Å². The van der Waals surface area contributed by atoms with Crippen LogP contribution in [0.15, 0.2) is 52.9 Å². The summed E-state index contributed by atoms with van der Waals surface area (Å²) in [6.07, 6.45) is 0.339. The molecule has 0 saturated carbocycles. The predicted octanol–water partition coefficient (Wildman–Crippen LogP) is 3.34. The lowest BCUT2D eigenvalue weighted by atomic mass is 10.1. The monoisotopic (exact) mass is 404 g/mol. The van der Waals surface area contributed by atoms with Crippen LogP contribution in [0.2, 0.25) is 0 Å². The van der Waals surface area contributed by atoms with E-state index in [0.717, 1.165) is 6.26 Å². The first-order chi connectivity index (χ1) is 13.2. The first-order valence-corrected chi connectivity index (χ1v) is 10.3. The SMILES string of the molecule is C[C@@H](OC(=O)c1ccc(CS(C)(=O)=O)cc1)c1nnc(-c2ccc(F)cc2)o1. The molecule has 0 radical (unpaired) electrons. The normalized spacial score (nSPS) is 12.5. The van der Waals surface area contributed by atoms with Gasteiger partial charge in [0.05, 0.1) is 11.3 Å². The van der Waals surface area contributed by atoms with Gasteiger partial charge in [-0.05, 0) is 48.9 Å². The molecule has 2 aromatic carbocycles. The molecular weight excluding hydrogens is 387 g/mol. The van der Waals surface area contributed by atoms with Gasteiger partial charge in [-0.25, -0.2) is 17.6 Å². The molecule has 7 nitrogen and oxygen atoms in total. The van der Waals surface area contributed by atoms with Gasteiger partial charge in [-0.1, -0.05) is 12.1 Å². The predicted molar refractivity (Wildman–Crippen MR) is 98.5 cm³/mol. The highest BCUT2D eigenvalue weighted by Gasteiger charge is 2.20. The van der Waals surface area contributed by atoms with Gasteiger partial charge in [0.15, 0.2) is 15.9 Å². The summed E-state index contributed by atoms with van der Waals surface area (Å²) in [6.45, 7) is 1.58. The molecule has 28 heavy (non-hydrogen) atoms.